The molecule has 1 aliphatic heterocycles. The zero-order valence-corrected chi connectivity index (χ0v) is 45.5. The van der Waals surface area contributed by atoms with Gasteiger partial charge in [0.25, 0.3) is 23.6 Å². The molecule has 0 saturated carbocycles. The van der Waals surface area contributed by atoms with Crippen LogP contribution in [-0.2, 0) is 45.4 Å². The lowest BCUT2D eigenvalue weighted by Crippen LogP contribution is -2.34. The highest BCUT2D eigenvalue weighted by Gasteiger charge is 2.32. The van der Waals surface area contributed by atoms with E-state index in [-0.39, 0.29) is 75.6 Å². The fourth-order valence-electron chi connectivity index (χ4n) is 8.19. The lowest BCUT2D eigenvalue weighted by Gasteiger charge is -2.18. The van der Waals surface area contributed by atoms with Gasteiger partial charge in [0.2, 0.25) is 0 Å². The van der Waals surface area contributed by atoms with Crippen LogP contribution >= 0.6 is 45.3 Å². The summed E-state index contributed by atoms with van der Waals surface area (Å²) < 4.78 is 24.9. The lowest BCUT2D eigenvalue weighted by molar-refractivity contribution is 0.0784. The molecule has 392 valence electrons. The van der Waals surface area contributed by atoms with Gasteiger partial charge in [-0.15, -0.1) is 45.3 Å². The molecule has 20 heteroatoms. The SMILES string of the molecule is Cc1sc2nc1C(=O)N[C@@H](COCc1ccccc1)c1nc(c(C)s1)C(=O)N[C@@H](COCc1ccccc1)c1nc(c(C)s1)C(=O)N[C@@H](COCc1ccccc1)c1nc(c(C)s1)C(=O)N[C@H]2COCc1ccccc1. The maximum atomic E-state index is 14.5. The number of aromatic nitrogens is 4. The topological polar surface area (TPSA) is 205 Å². The van der Waals surface area contributed by atoms with Crippen LogP contribution in [-0.4, -0.2) is 70.0 Å². The number of rotatable bonds is 16. The Balaban J connectivity index is 1.08. The predicted octanol–water partition coefficient (Wildman–Crippen LogP) is 9.81. The van der Waals surface area contributed by atoms with Crippen molar-refractivity contribution >= 4 is 69.0 Å². The predicted molar refractivity (Wildman–Crippen MR) is 293 cm³/mol. The maximum absolute atomic E-state index is 14.5. The second-order valence-electron chi connectivity index (χ2n) is 17.9. The van der Waals surface area contributed by atoms with Crippen molar-refractivity contribution in [1.29, 1.82) is 0 Å². The van der Waals surface area contributed by atoms with E-state index < -0.39 is 47.8 Å². The highest BCUT2D eigenvalue weighted by atomic mass is 32.1. The Labute approximate surface area is 456 Å². The van der Waals surface area contributed by atoms with Crippen LogP contribution in [0.15, 0.2) is 121 Å². The molecule has 4 amide bonds. The van der Waals surface area contributed by atoms with Gasteiger partial charge < -0.3 is 40.2 Å². The summed E-state index contributed by atoms with van der Waals surface area (Å²) in [6, 6.07) is 35.4. The first-order valence-corrected chi connectivity index (χ1v) is 27.8. The monoisotopic (exact) mass is 1100 g/mol. The van der Waals surface area contributed by atoms with Gasteiger partial charge in [0.1, 0.15) is 67.0 Å². The van der Waals surface area contributed by atoms with Crippen LogP contribution in [0.2, 0.25) is 0 Å². The number of hydrogen-bond donors (Lipinski definition) is 4. The highest BCUT2D eigenvalue weighted by molar-refractivity contribution is 7.13. The number of carbonyl (C=O) groups excluding carboxylic acids is 4. The average molecular weight is 1100 g/mol. The minimum atomic E-state index is -0.802. The Hall–Kier alpha value is -6.88. The van der Waals surface area contributed by atoms with Crippen LogP contribution in [0.1, 0.15) is 128 Å². The first-order chi connectivity index (χ1) is 36.9. The van der Waals surface area contributed by atoms with Gasteiger partial charge in [-0.1, -0.05) is 121 Å². The Morgan fingerprint density at radius 3 is 0.737 bits per heavy atom. The van der Waals surface area contributed by atoms with Crippen molar-refractivity contribution in [3.8, 4) is 0 Å². The Morgan fingerprint density at radius 2 is 0.539 bits per heavy atom. The van der Waals surface area contributed by atoms with Gasteiger partial charge in [0, 0.05) is 19.5 Å². The van der Waals surface area contributed by atoms with E-state index >= 15 is 0 Å². The maximum Gasteiger partial charge on any atom is 0.271 e. The van der Waals surface area contributed by atoms with Crippen molar-refractivity contribution in [3.05, 3.63) is 206 Å². The third-order valence-corrected chi connectivity index (χ3v) is 16.4. The molecule has 0 unspecified atom stereocenters. The fraction of sp³-hybridized carbons (Fsp3) is 0.286. The minimum Gasteiger partial charge on any atom is -0.374 e. The lowest BCUT2D eigenvalue weighted by atomic mass is 10.2. The standard InChI is InChI=1S/C56H56N8O8S4/c1-33-45-49(65)57-42(30-70-26-38-19-11-6-12-20-38)54-62-47(35(3)74-54)51(67)59-44(32-72-28-40-23-15-8-16-24-40)56-64-48(36(4)76-56)52(68)60-43(31-71-27-39-21-13-7-14-22-39)55-63-46(34(2)75-55)50(66)58-41(53(61-45)73-33)29-69-25-37-17-9-5-10-18-37/h5-24,41-44H,25-32H2,1-4H3,(H,57,65)(H,58,66)(H,59,67)(H,60,68)/t41-,42-,43-,44-/m0/s1. The van der Waals surface area contributed by atoms with E-state index in [1.54, 1.807) is 27.7 Å². The number of amides is 4. The van der Waals surface area contributed by atoms with Crippen molar-refractivity contribution < 1.29 is 38.1 Å². The van der Waals surface area contributed by atoms with Gasteiger partial charge >= 0.3 is 0 Å². The molecule has 1 aliphatic rings. The molecule has 0 aliphatic carbocycles. The molecule has 0 saturated heterocycles. The number of benzene rings is 4. The number of thiazole rings is 4. The second-order valence-corrected chi connectivity index (χ2v) is 22.9. The molecule has 0 spiro atoms. The molecule has 4 N–H and O–H groups in total. The first kappa shape index (κ1) is 53.9. The van der Waals surface area contributed by atoms with Crippen molar-refractivity contribution in [2.75, 3.05) is 26.4 Å². The van der Waals surface area contributed by atoms with E-state index in [4.69, 9.17) is 38.9 Å². The summed E-state index contributed by atoms with van der Waals surface area (Å²) in [4.78, 5) is 79.8. The molecule has 8 bridgehead atoms. The van der Waals surface area contributed by atoms with E-state index in [9.17, 15) is 19.2 Å². The third kappa shape index (κ3) is 13.9. The van der Waals surface area contributed by atoms with Crippen molar-refractivity contribution in [2.24, 2.45) is 0 Å². The van der Waals surface area contributed by atoms with Crippen LogP contribution in [0.25, 0.3) is 0 Å². The average Bonchev–Trinajstić information content (AvgIpc) is 4.24. The summed E-state index contributed by atoms with van der Waals surface area (Å²) in [5.74, 6) is -1.98. The quantitative estimate of drug-likeness (QED) is 0.0714. The summed E-state index contributed by atoms with van der Waals surface area (Å²) in [6.07, 6.45) is 0. The molecule has 4 atom stereocenters. The molecular weight excluding hydrogens is 1040 g/mol. The van der Waals surface area contributed by atoms with Crippen LogP contribution < -0.4 is 21.3 Å². The molecule has 4 aromatic heterocycles. The Morgan fingerprint density at radius 1 is 0.342 bits per heavy atom. The van der Waals surface area contributed by atoms with E-state index in [1.807, 2.05) is 121 Å². The number of hydrogen-bond acceptors (Lipinski definition) is 16. The summed E-state index contributed by atoms with van der Waals surface area (Å²) in [5.41, 5.74) is 4.34. The number of ether oxygens (including phenoxy) is 4. The van der Waals surface area contributed by atoms with E-state index in [0.29, 0.717) is 39.5 Å². The molecule has 9 rings (SSSR count). The molecule has 4 aromatic carbocycles. The van der Waals surface area contributed by atoms with Gasteiger partial charge in [-0.05, 0) is 49.9 Å². The Bertz CT molecular complexity index is 2810. The molecule has 5 heterocycles. The Kier molecular flexibility index (Phi) is 18.3. The minimum absolute atomic E-state index is 0.0187. The molecule has 0 fully saturated rings. The smallest absolute Gasteiger partial charge is 0.271 e. The number of nitrogens with one attached hydrogen (secondary N) is 4. The number of carbonyl (C=O) groups is 4. The summed E-state index contributed by atoms with van der Waals surface area (Å²) in [7, 11) is 0. The molecule has 0 radical (unpaired) electrons. The second kappa shape index (κ2) is 25.8. The van der Waals surface area contributed by atoms with E-state index in [0.717, 1.165) is 22.3 Å². The highest BCUT2D eigenvalue weighted by Crippen LogP contribution is 2.32. The van der Waals surface area contributed by atoms with Gasteiger partial charge in [-0.3, -0.25) is 19.2 Å². The summed E-state index contributed by atoms with van der Waals surface area (Å²) >= 11 is 5.05. The van der Waals surface area contributed by atoms with Gasteiger partial charge in [-0.2, -0.15) is 0 Å². The number of nitrogens with zero attached hydrogens (tertiary/aromatic N) is 4. The van der Waals surface area contributed by atoms with Crippen LogP contribution in [0.3, 0.4) is 0 Å². The first-order valence-electron chi connectivity index (χ1n) is 24.5. The summed E-state index contributed by atoms with van der Waals surface area (Å²) in [6.45, 7) is 8.28. The third-order valence-electron chi connectivity index (χ3n) is 12.1. The fourth-order valence-corrected chi connectivity index (χ4v) is 12.0. The van der Waals surface area contributed by atoms with Crippen LogP contribution in [0.4, 0.5) is 0 Å². The molecule has 8 aromatic rings. The van der Waals surface area contributed by atoms with Crippen molar-refractivity contribution in [1.82, 2.24) is 41.2 Å². The van der Waals surface area contributed by atoms with E-state index in [1.165, 1.54) is 45.3 Å². The van der Waals surface area contributed by atoms with Crippen molar-refractivity contribution in [3.63, 3.8) is 0 Å². The van der Waals surface area contributed by atoms with Crippen molar-refractivity contribution in [2.45, 2.75) is 78.3 Å². The van der Waals surface area contributed by atoms with Gasteiger partial charge in [0.15, 0.2) is 0 Å². The van der Waals surface area contributed by atoms with Crippen LogP contribution in [0.5, 0.6) is 0 Å². The molecule has 16 nitrogen and oxygen atoms in total. The van der Waals surface area contributed by atoms with Crippen LogP contribution in [0, 0.1) is 27.7 Å². The largest absolute Gasteiger partial charge is 0.374 e. The zero-order chi connectivity index (χ0) is 53.0. The normalized spacial score (nSPS) is 17.3. The van der Waals surface area contributed by atoms with E-state index in [2.05, 4.69) is 21.3 Å². The zero-order valence-electron chi connectivity index (χ0n) is 42.2. The molecule has 76 heavy (non-hydrogen) atoms. The summed E-state index contributed by atoms with van der Waals surface area (Å²) in [5, 5.41) is 14.2. The molecular formula is C56H56N8O8S4. The number of fused-ring (bicyclic) bond motifs is 8. The van der Waals surface area contributed by atoms with Gasteiger partial charge in [0.05, 0.1) is 52.9 Å². The van der Waals surface area contributed by atoms with Gasteiger partial charge in [-0.25, -0.2) is 19.9 Å². The number of aryl methyl sites for hydroxylation is 4.